The van der Waals surface area contributed by atoms with Crippen LogP contribution in [0.4, 0.5) is 0 Å². The zero-order valence-electron chi connectivity index (χ0n) is 12.3. The predicted octanol–water partition coefficient (Wildman–Crippen LogP) is 3.51. The number of carbonyl (C=O) groups is 1. The van der Waals surface area contributed by atoms with Crippen molar-refractivity contribution in [2.24, 2.45) is 5.92 Å². The number of carbonyl (C=O) groups excluding carboxylic acids is 1. The smallest absolute Gasteiger partial charge is 0.223 e. The Morgan fingerprint density at radius 1 is 1.47 bits per heavy atom. The van der Waals surface area contributed by atoms with E-state index in [1.165, 1.54) is 0 Å². The maximum Gasteiger partial charge on any atom is 0.223 e. The Balaban J connectivity index is 2.11. The van der Waals surface area contributed by atoms with Gasteiger partial charge in [-0.3, -0.25) is 4.79 Å². The highest BCUT2D eigenvalue weighted by Crippen LogP contribution is 2.33. The predicted molar refractivity (Wildman–Crippen MR) is 73.7 cm³/mol. The molecule has 1 saturated heterocycles. The van der Waals surface area contributed by atoms with Crippen molar-refractivity contribution in [2.45, 2.75) is 58.9 Å². The van der Waals surface area contributed by atoms with Gasteiger partial charge in [-0.25, -0.2) is 0 Å². The van der Waals surface area contributed by atoms with Crippen LogP contribution in [0, 0.1) is 5.92 Å². The number of nitrogens with zero attached hydrogens (tertiary/aromatic N) is 2. The molecule has 0 radical (unpaired) electrons. The first-order valence-electron chi connectivity index (χ1n) is 7.25. The van der Waals surface area contributed by atoms with Gasteiger partial charge < -0.3 is 9.42 Å². The minimum Gasteiger partial charge on any atom is -0.361 e. The second-order valence-corrected chi connectivity index (χ2v) is 6.15. The molecule has 1 aliphatic rings. The molecule has 1 unspecified atom stereocenters. The van der Waals surface area contributed by atoms with Crippen LogP contribution in [0.2, 0.25) is 0 Å². The van der Waals surface area contributed by atoms with Crippen molar-refractivity contribution in [1.29, 1.82) is 0 Å². The van der Waals surface area contributed by atoms with Crippen molar-refractivity contribution < 1.29 is 9.32 Å². The van der Waals surface area contributed by atoms with E-state index in [9.17, 15) is 4.79 Å². The van der Waals surface area contributed by atoms with E-state index in [0.717, 1.165) is 30.8 Å². The monoisotopic (exact) mass is 264 g/mol. The third-order valence-corrected chi connectivity index (χ3v) is 3.61. The molecule has 1 atom stereocenters. The normalized spacial score (nSPS) is 19.7. The van der Waals surface area contributed by atoms with E-state index in [1.807, 2.05) is 11.0 Å². The Bertz CT molecular complexity index is 437. The fourth-order valence-electron chi connectivity index (χ4n) is 2.57. The van der Waals surface area contributed by atoms with Crippen molar-refractivity contribution in [3.05, 3.63) is 17.5 Å². The van der Waals surface area contributed by atoms with Gasteiger partial charge in [0.1, 0.15) is 11.5 Å². The molecule has 2 rings (SSSR count). The van der Waals surface area contributed by atoms with Crippen LogP contribution in [-0.4, -0.2) is 22.5 Å². The Labute approximate surface area is 115 Å². The lowest BCUT2D eigenvalue weighted by molar-refractivity contribution is -0.133. The number of hydrogen-bond donors (Lipinski definition) is 0. The maximum absolute atomic E-state index is 12.2. The van der Waals surface area contributed by atoms with Gasteiger partial charge in [-0.15, -0.1) is 0 Å². The van der Waals surface area contributed by atoms with E-state index in [-0.39, 0.29) is 11.9 Å². The van der Waals surface area contributed by atoms with Crippen LogP contribution in [-0.2, 0) is 4.79 Å². The number of amides is 1. The van der Waals surface area contributed by atoms with Gasteiger partial charge in [0.2, 0.25) is 5.91 Å². The van der Waals surface area contributed by atoms with Crippen molar-refractivity contribution in [1.82, 2.24) is 10.1 Å². The fraction of sp³-hybridized carbons (Fsp3) is 0.733. The van der Waals surface area contributed by atoms with E-state index in [1.54, 1.807) is 0 Å². The van der Waals surface area contributed by atoms with Gasteiger partial charge in [-0.1, -0.05) is 32.9 Å². The summed E-state index contributed by atoms with van der Waals surface area (Å²) in [5, 5.41) is 4.16. The molecule has 4 heteroatoms. The summed E-state index contributed by atoms with van der Waals surface area (Å²) in [6.45, 7) is 9.17. The number of likely N-dealkylation sites (tertiary alicyclic amines) is 1. The summed E-state index contributed by atoms with van der Waals surface area (Å²) < 4.78 is 5.36. The first-order chi connectivity index (χ1) is 8.99. The van der Waals surface area contributed by atoms with Crippen molar-refractivity contribution >= 4 is 5.91 Å². The molecular formula is C15H24N2O2. The highest BCUT2D eigenvalue weighted by atomic mass is 16.5. The maximum atomic E-state index is 12.2. The van der Waals surface area contributed by atoms with Gasteiger partial charge in [0, 0.05) is 24.9 Å². The molecule has 0 N–H and O–H groups in total. The van der Waals surface area contributed by atoms with Crippen LogP contribution < -0.4 is 0 Å². The lowest BCUT2D eigenvalue weighted by Gasteiger charge is -2.23. The van der Waals surface area contributed by atoms with Crippen LogP contribution in [0.25, 0.3) is 0 Å². The van der Waals surface area contributed by atoms with Gasteiger partial charge in [0.15, 0.2) is 0 Å². The summed E-state index contributed by atoms with van der Waals surface area (Å²) in [4.78, 5) is 14.2. The van der Waals surface area contributed by atoms with Gasteiger partial charge in [0.25, 0.3) is 0 Å². The van der Waals surface area contributed by atoms with Crippen LogP contribution >= 0.6 is 0 Å². The SMILES string of the molecule is CC(C)CC(=O)N1CCCC1c1cc(C(C)C)on1. The summed E-state index contributed by atoms with van der Waals surface area (Å²) in [7, 11) is 0. The minimum absolute atomic E-state index is 0.113. The van der Waals surface area contributed by atoms with Gasteiger partial charge in [-0.05, 0) is 18.8 Å². The Morgan fingerprint density at radius 3 is 2.79 bits per heavy atom. The highest BCUT2D eigenvalue weighted by molar-refractivity contribution is 5.77. The first kappa shape index (κ1) is 14.1. The zero-order valence-corrected chi connectivity index (χ0v) is 12.3. The van der Waals surface area contributed by atoms with E-state index in [2.05, 4.69) is 32.9 Å². The third kappa shape index (κ3) is 3.17. The molecule has 0 saturated carbocycles. The number of hydrogen-bond acceptors (Lipinski definition) is 3. The topological polar surface area (TPSA) is 46.3 Å². The molecule has 1 aromatic heterocycles. The van der Waals surface area contributed by atoms with Gasteiger partial charge >= 0.3 is 0 Å². The summed E-state index contributed by atoms with van der Waals surface area (Å²) in [6, 6.07) is 2.12. The molecule has 1 amide bonds. The molecule has 0 spiro atoms. The second-order valence-electron chi connectivity index (χ2n) is 6.15. The lowest BCUT2D eigenvalue weighted by Crippen LogP contribution is -2.31. The van der Waals surface area contributed by atoms with Crippen LogP contribution in [0.15, 0.2) is 10.6 Å². The summed E-state index contributed by atoms with van der Waals surface area (Å²) in [5.41, 5.74) is 0.915. The van der Waals surface area contributed by atoms with Crippen LogP contribution in [0.1, 0.15) is 70.4 Å². The van der Waals surface area contributed by atoms with Crippen molar-refractivity contribution in [3.63, 3.8) is 0 Å². The molecule has 106 valence electrons. The molecule has 1 aliphatic heterocycles. The highest BCUT2D eigenvalue weighted by Gasteiger charge is 2.32. The van der Waals surface area contributed by atoms with E-state index >= 15 is 0 Å². The van der Waals surface area contributed by atoms with Crippen LogP contribution in [0.3, 0.4) is 0 Å². The average molecular weight is 264 g/mol. The molecule has 0 aliphatic carbocycles. The van der Waals surface area contributed by atoms with E-state index < -0.39 is 0 Å². The quantitative estimate of drug-likeness (QED) is 0.836. The lowest BCUT2D eigenvalue weighted by atomic mass is 10.1. The number of rotatable bonds is 4. The second kappa shape index (κ2) is 5.76. The summed E-state index contributed by atoms with van der Waals surface area (Å²) >= 11 is 0. The van der Waals surface area contributed by atoms with E-state index in [4.69, 9.17) is 4.52 Å². The van der Waals surface area contributed by atoms with Gasteiger partial charge in [-0.2, -0.15) is 0 Å². The van der Waals surface area contributed by atoms with Crippen LogP contribution in [0.5, 0.6) is 0 Å². The molecular weight excluding hydrogens is 240 g/mol. The Kier molecular flexibility index (Phi) is 4.27. The average Bonchev–Trinajstić information content (AvgIpc) is 2.96. The molecule has 1 fully saturated rings. The summed E-state index contributed by atoms with van der Waals surface area (Å²) in [6.07, 6.45) is 2.66. The minimum atomic E-state index is 0.113. The molecule has 0 aromatic carbocycles. The molecule has 4 nitrogen and oxygen atoms in total. The van der Waals surface area contributed by atoms with Crippen molar-refractivity contribution in [3.8, 4) is 0 Å². The van der Waals surface area contributed by atoms with E-state index in [0.29, 0.717) is 18.3 Å². The number of aromatic nitrogens is 1. The summed E-state index contributed by atoms with van der Waals surface area (Å²) in [5.74, 6) is 1.88. The first-order valence-corrected chi connectivity index (χ1v) is 7.25. The van der Waals surface area contributed by atoms with Gasteiger partial charge in [0.05, 0.1) is 6.04 Å². The molecule has 1 aromatic rings. The molecule has 19 heavy (non-hydrogen) atoms. The van der Waals surface area contributed by atoms with Crippen molar-refractivity contribution in [2.75, 3.05) is 6.54 Å². The Morgan fingerprint density at radius 2 is 2.21 bits per heavy atom. The Hall–Kier alpha value is -1.32. The third-order valence-electron chi connectivity index (χ3n) is 3.61. The molecule has 0 bridgehead atoms. The largest absolute Gasteiger partial charge is 0.361 e. The molecule has 2 heterocycles. The fourth-order valence-corrected chi connectivity index (χ4v) is 2.57. The standard InChI is InChI=1S/C15H24N2O2/c1-10(2)8-15(18)17-7-5-6-13(17)12-9-14(11(3)4)19-16-12/h9-11,13H,5-8H2,1-4H3. The zero-order chi connectivity index (χ0) is 14.0.